The predicted molar refractivity (Wildman–Crippen MR) is 53.5 cm³/mol. The van der Waals surface area contributed by atoms with Crippen molar-refractivity contribution in [3.05, 3.63) is 0 Å². The zero-order valence-electron chi connectivity index (χ0n) is 9.08. The van der Waals surface area contributed by atoms with Crippen LogP contribution in [0.5, 0.6) is 0 Å². The largest absolute Gasteiger partial charge is 0.352 e. The molecule has 0 amide bonds. The third-order valence-corrected chi connectivity index (χ3v) is 2.68. The fourth-order valence-corrected chi connectivity index (χ4v) is 1.87. The predicted octanol–water partition coefficient (Wildman–Crippen LogP) is 2.82. The van der Waals surface area contributed by atoms with Gasteiger partial charge in [0.15, 0.2) is 6.29 Å². The van der Waals surface area contributed by atoms with E-state index in [1.54, 1.807) is 0 Å². The lowest BCUT2D eigenvalue weighted by molar-refractivity contribution is -0.213. The van der Waals surface area contributed by atoms with Crippen LogP contribution >= 0.6 is 0 Å². The Morgan fingerprint density at radius 1 is 1.23 bits per heavy atom. The Bertz CT molecular complexity index is 128. The van der Waals surface area contributed by atoms with Crippen LogP contribution < -0.4 is 0 Å². The van der Waals surface area contributed by atoms with Gasteiger partial charge in [-0.05, 0) is 18.8 Å². The van der Waals surface area contributed by atoms with Gasteiger partial charge in [0.2, 0.25) is 0 Å². The van der Waals surface area contributed by atoms with Gasteiger partial charge in [-0.25, -0.2) is 0 Å². The average molecular weight is 186 g/mol. The molecular weight excluding hydrogens is 164 g/mol. The van der Waals surface area contributed by atoms with Crippen molar-refractivity contribution in [2.45, 2.75) is 46.3 Å². The Morgan fingerprint density at radius 3 is 2.31 bits per heavy atom. The molecule has 0 aromatic heterocycles. The fourth-order valence-electron chi connectivity index (χ4n) is 1.87. The molecule has 1 aliphatic heterocycles. The van der Waals surface area contributed by atoms with Gasteiger partial charge in [-0.1, -0.05) is 27.2 Å². The molecule has 13 heavy (non-hydrogen) atoms. The second kappa shape index (κ2) is 5.61. The van der Waals surface area contributed by atoms with E-state index >= 15 is 0 Å². The van der Waals surface area contributed by atoms with Gasteiger partial charge in [0.1, 0.15) is 0 Å². The van der Waals surface area contributed by atoms with Crippen molar-refractivity contribution in [2.75, 3.05) is 13.2 Å². The van der Waals surface area contributed by atoms with Crippen molar-refractivity contribution in [1.29, 1.82) is 0 Å². The first-order valence-corrected chi connectivity index (χ1v) is 5.49. The quantitative estimate of drug-likeness (QED) is 0.672. The standard InChI is InChI=1S/C11H22O2/c1-4-6-10(9(2)3)11-12-7-5-8-13-11/h9-11H,4-8H2,1-3H3. The van der Waals surface area contributed by atoms with Crippen LogP contribution in [-0.4, -0.2) is 19.5 Å². The van der Waals surface area contributed by atoms with Crippen molar-refractivity contribution >= 4 is 0 Å². The zero-order valence-corrected chi connectivity index (χ0v) is 9.08. The van der Waals surface area contributed by atoms with E-state index in [9.17, 15) is 0 Å². The Balaban J connectivity index is 2.41. The van der Waals surface area contributed by atoms with Crippen molar-refractivity contribution in [3.63, 3.8) is 0 Å². The molecule has 0 aromatic rings. The maximum absolute atomic E-state index is 5.63. The number of rotatable bonds is 4. The van der Waals surface area contributed by atoms with Crippen LogP contribution in [0.25, 0.3) is 0 Å². The smallest absolute Gasteiger partial charge is 0.160 e. The van der Waals surface area contributed by atoms with Crippen molar-refractivity contribution in [2.24, 2.45) is 11.8 Å². The molecule has 0 aliphatic carbocycles. The van der Waals surface area contributed by atoms with Gasteiger partial charge in [-0.2, -0.15) is 0 Å². The van der Waals surface area contributed by atoms with E-state index in [0.717, 1.165) is 19.6 Å². The summed E-state index contributed by atoms with van der Waals surface area (Å²) in [7, 11) is 0. The van der Waals surface area contributed by atoms with Gasteiger partial charge in [-0.15, -0.1) is 0 Å². The molecule has 1 aliphatic rings. The second-order valence-electron chi connectivity index (χ2n) is 4.16. The van der Waals surface area contributed by atoms with E-state index < -0.39 is 0 Å². The zero-order chi connectivity index (χ0) is 9.68. The molecule has 0 N–H and O–H groups in total. The van der Waals surface area contributed by atoms with Crippen LogP contribution in [-0.2, 0) is 9.47 Å². The van der Waals surface area contributed by atoms with E-state index in [1.807, 2.05) is 0 Å². The Kier molecular flexibility index (Phi) is 4.74. The van der Waals surface area contributed by atoms with E-state index in [-0.39, 0.29) is 6.29 Å². The molecular formula is C11H22O2. The second-order valence-corrected chi connectivity index (χ2v) is 4.16. The van der Waals surface area contributed by atoms with Crippen LogP contribution in [0.15, 0.2) is 0 Å². The fraction of sp³-hybridized carbons (Fsp3) is 1.00. The number of ether oxygens (including phenoxy) is 2. The van der Waals surface area contributed by atoms with Gasteiger partial charge in [0.05, 0.1) is 13.2 Å². The highest BCUT2D eigenvalue weighted by molar-refractivity contribution is 4.68. The molecule has 0 spiro atoms. The normalized spacial score (nSPS) is 22.2. The molecule has 78 valence electrons. The Hall–Kier alpha value is -0.0800. The van der Waals surface area contributed by atoms with Gasteiger partial charge in [0, 0.05) is 5.92 Å². The topological polar surface area (TPSA) is 18.5 Å². The lowest BCUT2D eigenvalue weighted by atomic mass is 9.90. The first-order valence-electron chi connectivity index (χ1n) is 5.49. The molecule has 0 radical (unpaired) electrons. The van der Waals surface area contributed by atoms with Gasteiger partial charge in [0.25, 0.3) is 0 Å². The minimum Gasteiger partial charge on any atom is -0.352 e. The monoisotopic (exact) mass is 186 g/mol. The highest BCUT2D eigenvalue weighted by Gasteiger charge is 2.26. The van der Waals surface area contributed by atoms with Crippen molar-refractivity contribution in [3.8, 4) is 0 Å². The summed E-state index contributed by atoms with van der Waals surface area (Å²) in [6.45, 7) is 8.47. The maximum atomic E-state index is 5.63. The molecule has 2 heteroatoms. The van der Waals surface area contributed by atoms with Gasteiger partial charge >= 0.3 is 0 Å². The molecule has 1 heterocycles. The van der Waals surface area contributed by atoms with Crippen LogP contribution in [0.3, 0.4) is 0 Å². The molecule has 1 fully saturated rings. The van der Waals surface area contributed by atoms with Crippen molar-refractivity contribution in [1.82, 2.24) is 0 Å². The summed E-state index contributed by atoms with van der Waals surface area (Å²) in [6, 6.07) is 0. The SMILES string of the molecule is CCCC(C(C)C)C1OCCCO1. The summed E-state index contributed by atoms with van der Waals surface area (Å²) in [5.41, 5.74) is 0. The number of hydrogen-bond donors (Lipinski definition) is 0. The van der Waals surface area contributed by atoms with E-state index in [2.05, 4.69) is 20.8 Å². The third-order valence-electron chi connectivity index (χ3n) is 2.68. The minimum absolute atomic E-state index is 0.0636. The molecule has 2 nitrogen and oxygen atoms in total. The summed E-state index contributed by atoms with van der Waals surface area (Å²) >= 11 is 0. The molecule has 1 saturated heterocycles. The molecule has 0 saturated carbocycles. The maximum Gasteiger partial charge on any atom is 0.160 e. The van der Waals surface area contributed by atoms with Crippen LogP contribution in [0.2, 0.25) is 0 Å². The lowest BCUT2D eigenvalue weighted by Crippen LogP contribution is -2.34. The van der Waals surface area contributed by atoms with E-state index in [4.69, 9.17) is 9.47 Å². The van der Waals surface area contributed by atoms with Crippen molar-refractivity contribution < 1.29 is 9.47 Å². The summed E-state index contributed by atoms with van der Waals surface area (Å²) in [4.78, 5) is 0. The Labute approximate surface area is 81.6 Å². The van der Waals surface area contributed by atoms with Gasteiger partial charge < -0.3 is 9.47 Å². The van der Waals surface area contributed by atoms with Crippen LogP contribution in [0, 0.1) is 11.8 Å². The molecule has 0 bridgehead atoms. The van der Waals surface area contributed by atoms with Crippen LogP contribution in [0.1, 0.15) is 40.0 Å². The first kappa shape index (κ1) is 11.0. The summed E-state index contributed by atoms with van der Waals surface area (Å²) in [5.74, 6) is 1.23. The van der Waals surface area contributed by atoms with E-state index in [0.29, 0.717) is 11.8 Å². The summed E-state index contributed by atoms with van der Waals surface area (Å²) < 4.78 is 11.3. The average Bonchev–Trinajstić information content (AvgIpc) is 2.15. The first-order chi connectivity index (χ1) is 6.25. The van der Waals surface area contributed by atoms with E-state index in [1.165, 1.54) is 12.8 Å². The molecule has 1 rings (SSSR count). The number of hydrogen-bond acceptors (Lipinski definition) is 2. The highest BCUT2D eigenvalue weighted by atomic mass is 16.7. The molecule has 0 aromatic carbocycles. The lowest BCUT2D eigenvalue weighted by Gasteiger charge is -2.32. The molecule has 1 atom stereocenters. The summed E-state index contributed by atoms with van der Waals surface area (Å²) in [6.07, 6.45) is 3.54. The highest BCUT2D eigenvalue weighted by Crippen LogP contribution is 2.26. The van der Waals surface area contributed by atoms with Gasteiger partial charge in [-0.3, -0.25) is 0 Å². The minimum atomic E-state index is 0.0636. The third kappa shape index (κ3) is 3.28. The molecule has 1 unspecified atom stereocenters. The summed E-state index contributed by atoms with van der Waals surface area (Å²) in [5, 5.41) is 0. The Morgan fingerprint density at radius 2 is 1.85 bits per heavy atom. The van der Waals surface area contributed by atoms with Crippen LogP contribution in [0.4, 0.5) is 0 Å².